The molecular formula is C19H22ClN. The van der Waals surface area contributed by atoms with Crippen LogP contribution in [0, 0.1) is 5.41 Å². The van der Waals surface area contributed by atoms with Gasteiger partial charge in [0.25, 0.3) is 0 Å². The van der Waals surface area contributed by atoms with Crippen LogP contribution in [-0.2, 0) is 13.0 Å². The number of rotatable bonds is 3. The zero-order valence-electron chi connectivity index (χ0n) is 12.7. The van der Waals surface area contributed by atoms with E-state index in [4.69, 9.17) is 11.6 Å². The van der Waals surface area contributed by atoms with Gasteiger partial charge in [0.2, 0.25) is 0 Å². The normalized spacial score (nSPS) is 20.0. The average molecular weight is 300 g/mol. The number of halogens is 1. The third-order valence-corrected chi connectivity index (χ3v) is 5.01. The number of hydrogen-bond donors (Lipinski definition) is 1. The molecule has 0 amide bonds. The molecule has 3 rings (SSSR count). The predicted octanol–water partition coefficient (Wildman–Crippen LogP) is 5.14. The first-order valence-corrected chi connectivity index (χ1v) is 8.00. The fourth-order valence-electron chi connectivity index (χ4n) is 3.31. The second-order valence-electron chi connectivity index (χ2n) is 6.59. The second kappa shape index (κ2) is 5.82. The highest BCUT2D eigenvalue weighted by Gasteiger charge is 2.35. The summed E-state index contributed by atoms with van der Waals surface area (Å²) in [4.78, 5) is 0. The Morgan fingerprint density at radius 2 is 1.81 bits per heavy atom. The van der Waals surface area contributed by atoms with Gasteiger partial charge < -0.3 is 5.32 Å². The first kappa shape index (κ1) is 14.6. The lowest BCUT2D eigenvalue weighted by Crippen LogP contribution is -2.37. The van der Waals surface area contributed by atoms with Gasteiger partial charge in [0.1, 0.15) is 0 Å². The molecule has 1 nitrogen and oxygen atoms in total. The summed E-state index contributed by atoms with van der Waals surface area (Å²) in [5.74, 6) is 0. The standard InChI is InChI=1S/C19H22ClN/c1-19(2)12-11-14-7-3-5-9-16(14)18(19)21-13-15-8-4-6-10-17(15)20/h3-10,18,21H,11-13H2,1-2H3. The fourth-order valence-corrected chi connectivity index (χ4v) is 3.51. The van der Waals surface area contributed by atoms with Crippen molar-refractivity contribution in [2.45, 2.75) is 39.3 Å². The maximum atomic E-state index is 6.27. The molecule has 0 saturated carbocycles. The van der Waals surface area contributed by atoms with E-state index < -0.39 is 0 Å². The Balaban J connectivity index is 1.85. The quantitative estimate of drug-likeness (QED) is 0.827. The van der Waals surface area contributed by atoms with Crippen LogP contribution in [0.5, 0.6) is 0 Å². The number of fused-ring (bicyclic) bond motifs is 1. The predicted molar refractivity (Wildman–Crippen MR) is 89.6 cm³/mol. The maximum absolute atomic E-state index is 6.27. The van der Waals surface area contributed by atoms with Crippen LogP contribution in [0.2, 0.25) is 5.02 Å². The van der Waals surface area contributed by atoms with Gasteiger partial charge in [0.05, 0.1) is 0 Å². The summed E-state index contributed by atoms with van der Waals surface area (Å²) in [5.41, 5.74) is 4.35. The molecule has 21 heavy (non-hydrogen) atoms. The Hall–Kier alpha value is -1.31. The number of hydrogen-bond acceptors (Lipinski definition) is 1. The van der Waals surface area contributed by atoms with Crippen molar-refractivity contribution in [1.82, 2.24) is 5.32 Å². The molecule has 0 aliphatic heterocycles. The third kappa shape index (κ3) is 3.00. The van der Waals surface area contributed by atoms with Gasteiger partial charge in [-0.05, 0) is 41.0 Å². The molecule has 0 aromatic heterocycles. The van der Waals surface area contributed by atoms with Crippen molar-refractivity contribution in [3.8, 4) is 0 Å². The Morgan fingerprint density at radius 3 is 2.62 bits per heavy atom. The van der Waals surface area contributed by atoms with E-state index in [1.165, 1.54) is 24.0 Å². The molecule has 0 radical (unpaired) electrons. The van der Waals surface area contributed by atoms with Crippen molar-refractivity contribution in [2.24, 2.45) is 5.41 Å². The molecule has 1 atom stereocenters. The van der Waals surface area contributed by atoms with E-state index in [9.17, 15) is 0 Å². The van der Waals surface area contributed by atoms with Crippen molar-refractivity contribution in [2.75, 3.05) is 0 Å². The van der Waals surface area contributed by atoms with E-state index in [0.29, 0.717) is 6.04 Å². The Kier molecular flexibility index (Phi) is 4.05. The third-order valence-electron chi connectivity index (χ3n) is 4.64. The lowest BCUT2D eigenvalue weighted by atomic mass is 9.70. The number of aryl methyl sites for hydroxylation is 1. The van der Waals surface area contributed by atoms with Gasteiger partial charge in [0.15, 0.2) is 0 Å². The zero-order chi connectivity index (χ0) is 14.9. The van der Waals surface area contributed by atoms with E-state index in [1.54, 1.807) is 0 Å². The molecule has 0 saturated heterocycles. The zero-order valence-corrected chi connectivity index (χ0v) is 13.5. The summed E-state index contributed by atoms with van der Waals surface area (Å²) in [6.07, 6.45) is 2.39. The van der Waals surface area contributed by atoms with Crippen LogP contribution in [0.3, 0.4) is 0 Å². The van der Waals surface area contributed by atoms with Crippen molar-refractivity contribution >= 4 is 11.6 Å². The van der Waals surface area contributed by atoms with Crippen LogP contribution in [0.25, 0.3) is 0 Å². The van der Waals surface area contributed by atoms with E-state index in [1.807, 2.05) is 18.2 Å². The van der Waals surface area contributed by atoms with Gasteiger partial charge in [-0.1, -0.05) is 67.9 Å². The fraction of sp³-hybridized carbons (Fsp3) is 0.368. The first-order chi connectivity index (χ1) is 10.1. The van der Waals surface area contributed by atoms with Gasteiger partial charge in [-0.2, -0.15) is 0 Å². The molecule has 1 aliphatic carbocycles. The lowest BCUT2D eigenvalue weighted by Gasteiger charge is -2.41. The van der Waals surface area contributed by atoms with Crippen LogP contribution >= 0.6 is 11.6 Å². The highest BCUT2D eigenvalue weighted by atomic mass is 35.5. The molecule has 2 aromatic carbocycles. The summed E-state index contributed by atoms with van der Waals surface area (Å²) in [5, 5.41) is 4.58. The second-order valence-corrected chi connectivity index (χ2v) is 7.00. The Bertz CT molecular complexity index is 633. The van der Waals surface area contributed by atoms with Gasteiger partial charge >= 0.3 is 0 Å². The van der Waals surface area contributed by atoms with Crippen LogP contribution in [0.1, 0.15) is 43.0 Å². The molecule has 0 fully saturated rings. The maximum Gasteiger partial charge on any atom is 0.0450 e. The monoisotopic (exact) mass is 299 g/mol. The van der Waals surface area contributed by atoms with Crippen LogP contribution in [-0.4, -0.2) is 0 Å². The summed E-state index contributed by atoms with van der Waals surface area (Å²) in [6, 6.07) is 17.3. The summed E-state index contributed by atoms with van der Waals surface area (Å²) in [7, 11) is 0. The molecule has 1 N–H and O–H groups in total. The van der Waals surface area contributed by atoms with E-state index in [2.05, 4.69) is 49.5 Å². The largest absolute Gasteiger partial charge is 0.305 e. The van der Waals surface area contributed by atoms with Crippen molar-refractivity contribution in [3.05, 3.63) is 70.2 Å². The smallest absolute Gasteiger partial charge is 0.0450 e. The molecular weight excluding hydrogens is 278 g/mol. The van der Waals surface area contributed by atoms with Gasteiger partial charge in [0, 0.05) is 17.6 Å². The molecule has 0 bridgehead atoms. The minimum atomic E-state index is 0.260. The number of benzene rings is 2. The van der Waals surface area contributed by atoms with Gasteiger partial charge in [-0.15, -0.1) is 0 Å². The molecule has 0 spiro atoms. The topological polar surface area (TPSA) is 12.0 Å². The molecule has 1 aliphatic rings. The van der Waals surface area contributed by atoms with Crippen molar-refractivity contribution in [1.29, 1.82) is 0 Å². The molecule has 0 heterocycles. The van der Waals surface area contributed by atoms with E-state index in [-0.39, 0.29) is 5.41 Å². The highest BCUT2D eigenvalue weighted by Crippen LogP contribution is 2.43. The van der Waals surface area contributed by atoms with Crippen molar-refractivity contribution < 1.29 is 0 Å². The summed E-state index contributed by atoms with van der Waals surface area (Å²) in [6.45, 7) is 5.52. The van der Waals surface area contributed by atoms with E-state index >= 15 is 0 Å². The minimum absolute atomic E-state index is 0.260. The van der Waals surface area contributed by atoms with E-state index in [0.717, 1.165) is 17.1 Å². The Labute approximate surface area is 132 Å². The van der Waals surface area contributed by atoms with Gasteiger partial charge in [-0.3, -0.25) is 0 Å². The molecule has 110 valence electrons. The Morgan fingerprint density at radius 1 is 1.10 bits per heavy atom. The van der Waals surface area contributed by atoms with Crippen molar-refractivity contribution in [3.63, 3.8) is 0 Å². The van der Waals surface area contributed by atoms with Crippen LogP contribution < -0.4 is 5.32 Å². The minimum Gasteiger partial charge on any atom is -0.305 e. The lowest BCUT2D eigenvalue weighted by molar-refractivity contribution is 0.208. The summed E-state index contributed by atoms with van der Waals surface area (Å²) < 4.78 is 0. The molecule has 2 heteroatoms. The molecule has 2 aromatic rings. The van der Waals surface area contributed by atoms with Gasteiger partial charge in [-0.25, -0.2) is 0 Å². The van der Waals surface area contributed by atoms with Crippen LogP contribution in [0.15, 0.2) is 48.5 Å². The van der Waals surface area contributed by atoms with Crippen LogP contribution in [0.4, 0.5) is 0 Å². The SMILES string of the molecule is CC1(C)CCc2ccccc2C1NCc1ccccc1Cl. The first-order valence-electron chi connectivity index (χ1n) is 7.62. The summed E-state index contributed by atoms with van der Waals surface area (Å²) >= 11 is 6.27. The average Bonchev–Trinajstić information content (AvgIpc) is 2.47. The number of nitrogens with one attached hydrogen (secondary N) is 1. The molecule has 1 unspecified atom stereocenters. The highest BCUT2D eigenvalue weighted by molar-refractivity contribution is 6.31.